The molecule has 0 aromatic carbocycles. The second-order valence-corrected chi connectivity index (χ2v) is 4.78. The fourth-order valence-corrected chi connectivity index (χ4v) is 2.12. The molecule has 2 rings (SSSR count). The van der Waals surface area contributed by atoms with Gasteiger partial charge in [0.2, 0.25) is 0 Å². The van der Waals surface area contributed by atoms with Gasteiger partial charge in [0.05, 0.1) is 6.07 Å². The number of hydrogen-bond acceptors (Lipinski definition) is 3. The molecule has 3 nitrogen and oxygen atoms in total. The summed E-state index contributed by atoms with van der Waals surface area (Å²) < 4.78 is 0. The van der Waals surface area contributed by atoms with Crippen molar-refractivity contribution in [1.82, 2.24) is 10.2 Å². The van der Waals surface area contributed by atoms with Crippen LogP contribution in [-0.2, 0) is 0 Å². The molecule has 3 heteroatoms. The number of nitrogens with zero attached hydrogens (tertiary/aromatic N) is 2. The maximum absolute atomic E-state index is 8.99. The minimum Gasteiger partial charge on any atom is -0.300 e. The molecular formula is C11H19N3. The Morgan fingerprint density at radius 2 is 2.29 bits per heavy atom. The van der Waals surface area contributed by atoms with Gasteiger partial charge in [-0.3, -0.25) is 5.32 Å². The zero-order chi connectivity index (χ0) is 9.97. The zero-order valence-corrected chi connectivity index (χ0v) is 8.87. The smallest absolute Gasteiger partial charge is 0.108 e. The first-order chi connectivity index (χ1) is 6.78. The summed E-state index contributed by atoms with van der Waals surface area (Å²) in [4.78, 5) is 2.41. The van der Waals surface area contributed by atoms with E-state index in [-0.39, 0.29) is 6.04 Å². The van der Waals surface area contributed by atoms with Gasteiger partial charge in [0.1, 0.15) is 6.04 Å². The summed E-state index contributed by atoms with van der Waals surface area (Å²) in [6.45, 7) is 5.54. The van der Waals surface area contributed by atoms with Crippen molar-refractivity contribution in [2.75, 3.05) is 19.6 Å². The Hall–Kier alpha value is -0.590. The lowest BCUT2D eigenvalue weighted by Crippen LogP contribution is -2.40. The van der Waals surface area contributed by atoms with Crippen LogP contribution in [0.4, 0.5) is 0 Å². The first-order valence-electron chi connectivity index (χ1n) is 5.66. The summed E-state index contributed by atoms with van der Waals surface area (Å²) in [7, 11) is 0. The highest BCUT2D eigenvalue weighted by Crippen LogP contribution is 2.20. The predicted molar refractivity (Wildman–Crippen MR) is 55.8 cm³/mol. The molecule has 14 heavy (non-hydrogen) atoms. The Morgan fingerprint density at radius 3 is 2.79 bits per heavy atom. The molecule has 1 saturated heterocycles. The minimum atomic E-state index is 0.0489. The molecule has 0 aromatic heterocycles. The largest absolute Gasteiger partial charge is 0.300 e. The molecule has 2 fully saturated rings. The molecule has 2 atom stereocenters. The van der Waals surface area contributed by atoms with Gasteiger partial charge < -0.3 is 4.90 Å². The Bertz CT molecular complexity index is 229. The van der Waals surface area contributed by atoms with E-state index in [1.807, 2.05) is 0 Å². The van der Waals surface area contributed by atoms with E-state index < -0.39 is 0 Å². The van der Waals surface area contributed by atoms with Gasteiger partial charge in [-0.05, 0) is 31.7 Å². The highest BCUT2D eigenvalue weighted by molar-refractivity contribution is 4.98. The maximum atomic E-state index is 8.99. The van der Waals surface area contributed by atoms with Gasteiger partial charge >= 0.3 is 0 Å². The summed E-state index contributed by atoms with van der Waals surface area (Å²) in [5.74, 6) is 0.815. The van der Waals surface area contributed by atoms with E-state index in [4.69, 9.17) is 5.26 Å². The van der Waals surface area contributed by atoms with Gasteiger partial charge in [-0.2, -0.15) is 5.26 Å². The summed E-state index contributed by atoms with van der Waals surface area (Å²) >= 11 is 0. The molecule has 78 valence electrons. The standard InChI is InChI=1S/C11H19N3/c1-9-4-5-14(7-9)8-11(6-12)13-10-2-3-10/h9-11,13H,2-5,7-8H2,1H3. The molecule has 0 aromatic rings. The van der Waals surface area contributed by atoms with Crippen LogP contribution in [0.25, 0.3) is 0 Å². The van der Waals surface area contributed by atoms with Crippen molar-refractivity contribution < 1.29 is 0 Å². The number of hydrogen-bond donors (Lipinski definition) is 1. The molecule has 0 bridgehead atoms. The van der Waals surface area contributed by atoms with Crippen molar-refractivity contribution in [3.63, 3.8) is 0 Å². The molecule has 2 aliphatic rings. The van der Waals surface area contributed by atoms with Crippen LogP contribution >= 0.6 is 0 Å². The van der Waals surface area contributed by atoms with Crippen molar-refractivity contribution >= 4 is 0 Å². The van der Waals surface area contributed by atoms with Gasteiger partial charge in [0.25, 0.3) is 0 Å². The zero-order valence-electron chi connectivity index (χ0n) is 8.87. The minimum absolute atomic E-state index is 0.0489. The molecule has 1 N–H and O–H groups in total. The fourth-order valence-electron chi connectivity index (χ4n) is 2.12. The van der Waals surface area contributed by atoms with Crippen LogP contribution in [0.15, 0.2) is 0 Å². The molecule has 0 amide bonds. The summed E-state index contributed by atoms with van der Waals surface area (Å²) in [5.41, 5.74) is 0. The van der Waals surface area contributed by atoms with E-state index in [0.29, 0.717) is 6.04 Å². The lowest BCUT2D eigenvalue weighted by Gasteiger charge is -2.19. The molecule has 2 unspecified atom stereocenters. The van der Waals surface area contributed by atoms with E-state index in [1.54, 1.807) is 0 Å². The molecule has 1 aliphatic carbocycles. The molecular weight excluding hydrogens is 174 g/mol. The molecule has 1 heterocycles. The van der Waals surface area contributed by atoms with Crippen molar-refractivity contribution in [3.8, 4) is 6.07 Å². The third kappa shape index (κ3) is 2.70. The molecule has 1 aliphatic heterocycles. The van der Waals surface area contributed by atoms with Crippen LogP contribution in [0, 0.1) is 17.2 Å². The number of rotatable bonds is 4. The second kappa shape index (κ2) is 4.29. The number of nitriles is 1. The first-order valence-corrected chi connectivity index (χ1v) is 5.66. The lowest BCUT2D eigenvalue weighted by atomic mass is 10.2. The number of likely N-dealkylation sites (tertiary alicyclic amines) is 1. The van der Waals surface area contributed by atoms with Crippen LogP contribution < -0.4 is 5.32 Å². The summed E-state index contributed by atoms with van der Waals surface area (Å²) in [6, 6.07) is 3.05. The van der Waals surface area contributed by atoms with Crippen molar-refractivity contribution in [2.45, 2.75) is 38.3 Å². The Balaban J connectivity index is 1.73. The van der Waals surface area contributed by atoms with Crippen LogP contribution in [0.1, 0.15) is 26.2 Å². The van der Waals surface area contributed by atoms with Gasteiger partial charge in [0, 0.05) is 19.1 Å². The molecule has 0 spiro atoms. The maximum Gasteiger partial charge on any atom is 0.108 e. The van der Waals surface area contributed by atoms with E-state index in [1.165, 1.54) is 32.4 Å². The van der Waals surface area contributed by atoms with Crippen LogP contribution in [0.5, 0.6) is 0 Å². The van der Waals surface area contributed by atoms with Gasteiger partial charge in [-0.25, -0.2) is 0 Å². The highest BCUT2D eigenvalue weighted by Gasteiger charge is 2.27. The predicted octanol–water partition coefficient (Wildman–Crippen LogP) is 0.972. The van der Waals surface area contributed by atoms with E-state index in [0.717, 1.165) is 12.5 Å². The Kier molecular flexibility index (Phi) is 3.05. The van der Waals surface area contributed by atoms with Gasteiger partial charge in [-0.15, -0.1) is 0 Å². The SMILES string of the molecule is CC1CCN(CC(C#N)NC2CC2)C1. The molecule has 0 radical (unpaired) electrons. The number of nitrogens with one attached hydrogen (secondary N) is 1. The van der Waals surface area contributed by atoms with Gasteiger partial charge in [-0.1, -0.05) is 6.92 Å². The third-order valence-corrected chi connectivity index (χ3v) is 3.12. The average molecular weight is 193 g/mol. The van der Waals surface area contributed by atoms with Crippen molar-refractivity contribution in [3.05, 3.63) is 0 Å². The topological polar surface area (TPSA) is 39.1 Å². The summed E-state index contributed by atoms with van der Waals surface area (Å²) in [5, 5.41) is 12.4. The second-order valence-electron chi connectivity index (χ2n) is 4.78. The van der Waals surface area contributed by atoms with E-state index >= 15 is 0 Å². The fraction of sp³-hybridized carbons (Fsp3) is 0.909. The quantitative estimate of drug-likeness (QED) is 0.723. The van der Waals surface area contributed by atoms with Crippen molar-refractivity contribution in [1.29, 1.82) is 5.26 Å². The van der Waals surface area contributed by atoms with Crippen LogP contribution in [0.3, 0.4) is 0 Å². The Morgan fingerprint density at radius 1 is 1.50 bits per heavy atom. The van der Waals surface area contributed by atoms with Gasteiger partial charge in [0.15, 0.2) is 0 Å². The Labute approximate surface area is 86.1 Å². The summed E-state index contributed by atoms with van der Waals surface area (Å²) in [6.07, 6.45) is 3.81. The third-order valence-electron chi connectivity index (χ3n) is 3.12. The first kappa shape index (κ1) is 9.95. The van der Waals surface area contributed by atoms with E-state index in [2.05, 4.69) is 23.2 Å². The normalized spacial score (nSPS) is 30.1. The lowest BCUT2D eigenvalue weighted by molar-refractivity contribution is 0.304. The van der Waals surface area contributed by atoms with E-state index in [9.17, 15) is 0 Å². The van der Waals surface area contributed by atoms with Crippen LogP contribution in [0.2, 0.25) is 0 Å². The molecule has 1 saturated carbocycles. The van der Waals surface area contributed by atoms with Crippen molar-refractivity contribution in [2.24, 2.45) is 5.92 Å². The average Bonchev–Trinajstić information content (AvgIpc) is 2.89. The highest BCUT2D eigenvalue weighted by atomic mass is 15.2. The van der Waals surface area contributed by atoms with Crippen LogP contribution in [-0.4, -0.2) is 36.6 Å². The monoisotopic (exact) mass is 193 g/mol.